The fourth-order valence-corrected chi connectivity index (χ4v) is 0.615. The Labute approximate surface area is 102 Å². The van der Waals surface area contributed by atoms with Crippen molar-refractivity contribution >= 4 is 21.1 Å². The lowest BCUT2D eigenvalue weighted by Crippen LogP contribution is -2.48. The molecule has 0 rings (SSSR count). The lowest BCUT2D eigenvalue weighted by Gasteiger charge is -2.21. The molecule has 0 bridgehead atoms. The molecule has 11 heteroatoms. The Hall–Kier alpha value is -0.923. The topological polar surface area (TPSA) is 196 Å². The van der Waals surface area contributed by atoms with Crippen molar-refractivity contribution in [3.63, 3.8) is 0 Å². The van der Waals surface area contributed by atoms with Crippen molar-refractivity contribution in [2.24, 2.45) is 0 Å². The van der Waals surface area contributed by atoms with Crippen LogP contribution in [0, 0.1) is 0 Å². The van der Waals surface area contributed by atoms with Crippen molar-refractivity contribution in [2.75, 3.05) is 0 Å². The minimum atomic E-state index is -3.61. The van der Waals surface area contributed by atoms with Gasteiger partial charge in [-0.3, -0.25) is 0 Å². The van der Waals surface area contributed by atoms with E-state index in [-0.39, 0.29) is 6.29 Å². The molecule has 0 fully saturated rings. The second-order valence-corrected chi connectivity index (χ2v) is 5.30. The van der Waals surface area contributed by atoms with Crippen molar-refractivity contribution in [1.82, 2.24) is 0 Å². The molecule has 0 aromatic heterocycles. The van der Waals surface area contributed by atoms with E-state index in [4.69, 9.17) is 39.9 Å². The van der Waals surface area contributed by atoms with E-state index in [0.29, 0.717) is 0 Å². The van der Waals surface area contributed by atoms with Gasteiger partial charge in [0.2, 0.25) is 0 Å². The zero-order chi connectivity index (χ0) is 15.1. The highest BCUT2D eigenvalue weighted by Gasteiger charge is 2.33. The predicted octanol–water partition coefficient (Wildman–Crippen LogP) is -4.75. The van der Waals surface area contributed by atoms with Crippen LogP contribution in [0.2, 0.25) is 6.55 Å². The van der Waals surface area contributed by atoms with Gasteiger partial charge in [-0.1, -0.05) is 0 Å². The van der Waals surface area contributed by atoms with Crippen LogP contribution in [-0.2, 0) is 9.59 Å². The van der Waals surface area contributed by atoms with E-state index < -0.39 is 39.2 Å². The number of carbonyl (C=O) groups excluding carboxylic acids is 1. The number of carboxylic acid groups (broad SMARTS) is 1. The predicted molar refractivity (Wildman–Crippen MR) is 56.0 cm³/mol. The van der Waals surface area contributed by atoms with Crippen LogP contribution in [0.15, 0.2) is 0 Å². The second kappa shape index (κ2) is 8.23. The van der Waals surface area contributed by atoms with Gasteiger partial charge in [0, 0.05) is 6.55 Å². The van der Waals surface area contributed by atoms with E-state index in [1.54, 1.807) is 0 Å². The first kappa shape index (κ1) is 19.4. The Balaban J connectivity index is 0. The summed E-state index contributed by atoms with van der Waals surface area (Å²) in [6.45, 7) is 0.993. The Bertz CT molecular complexity index is 257. The molecule has 0 spiro atoms. The minimum absolute atomic E-state index is 0.0809. The lowest BCUT2D eigenvalue weighted by atomic mass is 10.0. The summed E-state index contributed by atoms with van der Waals surface area (Å²) in [5.41, 5.74) is 0. The molecule has 0 radical (unpaired) electrons. The van der Waals surface area contributed by atoms with Gasteiger partial charge < -0.3 is 44.7 Å². The molecule has 108 valence electrons. The smallest absolute Gasteiger partial charge is 0.479 e. The molecule has 0 saturated carbocycles. The van der Waals surface area contributed by atoms with E-state index in [1.165, 1.54) is 0 Å². The van der Waals surface area contributed by atoms with Gasteiger partial charge >= 0.3 is 14.8 Å². The molecule has 0 aliphatic carbocycles. The molecule has 0 heterocycles. The van der Waals surface area contributed by atoms with Crippen LogP contribution in [0.25, 0.3) is 0 Å². The highest BCUT2D eigenvalue weighted by molar-refractivity contribution is 6.54. The first-order valence-electron chi connectivity index (χ1n) is 4.49. The average Bonchev–Trinajstić information content (AvgIpc) is 2.22. The van der Waals surface area contributed by atoms with Crippen LogP contribution in [0.1, 0.15) is 0 Å². The Morgan fingerprint density at radius 1 is 1.06 bits per heavy atom. The summed E-state index contributed by atoms with van der Waals surface area (Å²) < 4.78 is 0. The summed E-state index contributed by atoms with van der Waals surface area (Å²) >= 11 is 0. The molecular weight excluding hydrogens is 272 g/mol. The van der Waals surface area contributed by atoms with Crippen molar-refractivity contribution < 1.29 is 49.5 Å². The van der Waals surface area contributed by atoms with Crippen molar-refractivity contribution in [3.8, 4) is 0 Å². The summed E-state index contributed by atoms with van der Waals surface area (Å²) in [6, 6.07) is 0. The van der Waals surface area contributed by atoms with Crippen molar-refractivity contribution in [3.05, 3.63) is 0 Å². The second-order valence-electron chi connectivity index (χ2n) is 3.36. The summed E-state index contributed by atoms with van der Waals surface area (Å²) in [4.78, 5) is 43.3. The lowest BCUT2D eigenvalue weighted by molar-refractivity contribution is -0.163. The molecule has 0 aliphatic heterocycles. The maximum absolute atomic E-state index is 10.1. The van der Waals surface area contributed by atoms with E-state index in [9.17, 15) is 9.59 Å². The highest BCUT2D eigenvalue weighted by Crippen LogP contribution is 2.03. The highest BCUT2D eigenvalue weighted by atomic mass is 28.4. The van der Waals surface area contributed by atoms with Crippen LogP contribution in [0.3, 0.4) is 0 Å². The first-order valence-corrected chi connectivity index (χ1v) is 6.83. The van der Waals surface area contributed by atoms with E-state index in [0.717, 1.165) is 6.55 Å². The first-order chi connectivity index (χ1) is 7.91. The Morgan fingerprint density at radius 2 is 1.39 bits per heavy atom. The van der Waals surface area contributed by atoms with Crippen LogP contribution in [0.4, 0.5) is 0 Å². The van der Waals surface area contributed by atoms with Crippen molar-refractivity contribution in [1.29, 1.82) is 0 Å². The number of aliphatic carboxylic acids is 1. The summed E-state index contributed by atoms with van der Waals surface area (Å²) in [6.07, 6.45) is -8.39. The standard InChI is InChI=1S/C6H10O7.CH6O3Si/c7-1-2(8)3(9)4(10)5(11)6(12)13;1-5(2,3)4/h1-5,8-11H,(H,12,13);2-4H,1H3/t2-,3-,4+,5+;/m1./s1. The number of aliphatic hydroxyl groups excluding tert-OH is 4. The molecule has 4 atom stereocenters. The molecular formula is C7H16O10Si. The van der Waals surface area contributed by atoms with E-state index in [1.807, 2.05) is 0 Å². The molecule has 10 nitrogen and oxygen atoms in total. The molecule has 0 amide bonds. The Kier molecular flexibility index (Phi) is 8.87. The van der Waals surface area contributed by atoms with Crippen molar-refractivity contribution in [2.45, 2.75) is 31.0 Å². The third kappa shape index (κ3) is 10.2. The van der Waals surface area contributed by atoms with Gasteiger partial charge in [0.05, 0.1) is 0 Å². The maximum atomic E-state index is 10.1. The molecule has 8 N–H and O–H groups in total. The fourth-order valence-electron chi connectivity index (χ4n) is 0.615. The molecule has 0 unspecified atom stereocenters. The maximum Gasteiger partial charge on any atom is 0.489 e. The molecule has 0 aromatic carbocycles. The van der Waals surface area contributed by atoms with Gasteiger partial charge in [-0.15, -0.1) is 0 Å². The van der Waals surface area contributed by atoms with E-state index in [2.05, 4.69) is 0 Å². The van der Waals surface area contributed by atoms with Gasteiger partial charge in [-0.2, -0.15) is 0 Å². The number of hydrogen-bond acceptors (Lipinski definition) is 9. The SMILES string of the molecule is C[Si](O)(O)O.O=C[C@@H](O)[C@@H](O)[C@H](O)[C@H](O)C(=O)O. The number of rotatable bonds is 5. The monoisotopic (exact) mass is 288 g/mol. The molecule has 0 aliphatic rings. The van der Waals surface area contributed by atoms with Gasteiger partial charge in [0.15, 0.2) is 12.4 Å². The summed E-state index contributed by atoms with van der Waals surface area (Å²) in [7, 11) is -3.61. The van der Waals surface area contributed by atoms with Gasteiger partial charge in [-0.25, -0.2) is 4.79 Å². The Morgan fingerprint density at radius 3 is 1.61 bits per heavy atom. The van der Waals surface area contributed by atoms with Crippen LogP contribution in [0.5, 0.6) is 0 Å². The zero-order valence-electron chi connectivity index (χ0n) is 9.28. The van der Waals surface area contributed by atoms with Crippen LogP contribution < -0.4 is 0 Å². The zero-order valence-corrected chi connectivity index (χ0v) is 10.3. The fraction of sp³-hybridized carbons (Fsp3) is 0.714. The number of aldehydes is 1. The third-order valence-corrected chi connectivity index (χ3v) is 1.42. The van der Waals surface area contributed by atoms with Gasteiger partial charge in [0.1, 0.15) is 18.3 Å². The normalized spacial score (nSPS) is 17.8. The largest absolute Gasteiger partial charge is 0.489 e. The summed E-state index contributed by atoms with van der Waals surface area (Å²) in [5, 5.41) is 43.2. The average molecular weight is 288 g/mol. The van der Waals surface area contributed by atoms with Gasteiger partial charge in [0.25, 0.3) is 0 Å². The number of carboxylic acids is 1. The number of carbonyl (C=O) groups is 2. The summed E-state index contributed by atoms with van der Waals surface area (Å²) in [5.74, 6) is -1.76. The van der Waals surface area contributed by atoms with E-state index >= 15 is 0 Å². The molecule has 0 saturated heterocycles. The third-order valence-electron chi connectivity index (χ3n) is 1.42. The quantitative estimate of drug-likeness (QED) is 0.179. The molecule has 18 heavy (non-hydrogen) atoms. The van der Waals surface area contributed by atoms with Gasteiger partial charge in [-0.05, 0) is 0 Å². The molecule has 0 aromatic rings. The minimum Gasteiger partial charge on any atom is -0.479 e. The van der Waals surface area contributed by atoms with Crippen LogP contribution >= 0.6 is 0 Å². The number of aliphatic hydroxyl groups is 4. The number of hydrogen-bond donors (Lipinski definition) is 8. The van der Waals surface area contributed by atoms with Crippen LogP contribution in [-0.4, -0.2) is 85.4 Å².